The number of nitrogens with one attached hydrogen (secondary N) is 2. The fraction of sp³-hybridized carbons (Fsp3) is 0. The van der Waals surface area contributed by atoms with Crippen LogP contribution >= 0.6 is 0 Å². The van der Waals surface area contributed by atoms with Crippen LogP contribution in [-0.4, -0.2) is 0 Å². The minimum atomic E-state index is 0.688. The Kier molecular flexibility index (Phi) is 4.26. The van der Waals surface area contributed by atoms with E-state index in [-0.39, 0.29) is 0 Å². The second kappa shape index (κ2) is 6.53. The fourth-order valence-corrected chi connectivity index (χ4v) is 1.47. The SMILES string of the molecule is N#CNc1ccc(N=Nc2ccc(NC#N)cc2)cc1. The predicted molar refractivity (Wildman–Crippen MR) is 75.5 cm³/mol. The lowest BCUT2D eigenvalue weighted by Gasteiger charge is -1.98. The Balaban J connectivity index is 2.05. The normalized spacial score (nSPS) is 9.70. The van der Waals surface area contributed by atoms with Gasteiger partial charge in [-0.25, -0.2) is 0 Å². The Morgan fingerprint density at radius 3 is 1.30 bits per heavy atom. The fourth-order valence-electron chi connectivity index (χ4n) is 1.47. The summed E-state index contributed by atoms with van der Waals surface area (Å²) in [5.41, 5.74) is 2.79. The van der Waals surface area contributed by atoms with Crippen LogP contribution in [0.3, 0.4) is 0 Å². The van der Waals surface area contributed by atoms with Crippen molar-refractivity contribution in [3.63, 3.8) is 0 Å². The molecule has 0 atom stereocenters. The zero-order valence-corrected chi connectivity index (χ0v) is 10.4. The van der Waals surface area contributed by atoms with Crippen molar-refractivity contribution >= 4 is 22.7 Å². The Labute approximate surface area is 116 Å². The summed E-state index contributed by atoms with van der Waals surface area (Å²) in [7, 11) is 0. The molecule has 0 bridgehead atoms. The summed E-state index contributed by atoms with van der Waals surface area (Å²) in [5.74, 6) is 0. The van der Waals surface area contributed by atoms with Crippen molar-refractivity contribution in [1.29, 1.82) is 10.5 Å². The topological polar surface area (TPSA) is 96.4 Å². The molecule has 0 aromatic heterocycles. The molecule has 6 nitrogen and oxygen atoms in total. The first-order valence-electron chi connectivity index (χ1n) is 5.74. The molecule has 2 aromatic rings. The molecule has 0 saturated heterocycles. The van der Waals surface area contributed by atoms with Crippen LogP contribution in [0.25, 0.3) is 0 Å². The van der Waals surface area contributed by atoms with Crippen molar-refractivity contribution in [2.75, 3.05) is 10.6 Å². The second-order valence-electron chi connectivity index (χ2n) is 3.77. The van der Waals surface area contributed by atoms with E-state index in [1.54, 1.807) is 48.5 Å². The van der Waals surface area contributed by atoms with Crippen LogP contribution < -0.4 is 10.6 Å². The maximum Gasteiger partial charge on any atom is 0.181 e. The van der Waals surface area contributed by atoms with Gasteiger partial charge in [0.15, 0.2) is 12.4 Å². The lowest BCUT2D eigenvalue weighted by atomic mass is 10.3. The van der Waals surface area contributed by atoms with Crippen LogP contribution in [0.2, 0.25) is 0 Å². The first-order valence-corrected chi connectivity index (χ1v) is 5.74. The number of nitriles is 2. The van der Waals surface area contributed by atoms with E-state index in [1.807, 2.05) is 12.4 Å². The summed E-state index contributed by atoms with van der Waals surface area (Å²) < 4.78 is 0. The van der Waals surface area contributed by atoms with E-state index >= 15 is 0 Å². The number of hydrogen-bond donors (Lipinski definition) is 2. The van der Waals surface area contributed by atoms with Gasteiger partial charge in [0, 0.05) is 11.4 Å². The van der Waals surface area contributed by atoms with Crippen molar-refractivity contribution in [2.24, 2.45) is 10.2 Å². The molecule has 0 spiro atoms. The highest BCUT2D eigenvalue weighted by Crippen LogP contribution is 2.21. The van der Waals surface area contributed by atoms with Gasteiger partial charge in [-0.3, -0.25) is 10.6 Å². The number of rotatable bonds is 4. The average Bonchev–Trinajstić information content (AvgIpc) is 2.49. The Morgan fingerprint density at radius 1 is 0.650 bits per heavy atom. The highest BCUT2D eigenvalue weighted by atomic mass is 15.1. The lowest BCUT2D eigenvalue weighted by molar-refractivity contribution is 1.23. The minimum Gasteiger partial charge on any atom is -0.293 e. The van der Waals surface area contributed by atoms with Gasteiger partial charge in [-0.1, -0.05) is 0 Å². The molecule has 2 rings (SSSR count). The summed E-state index contributed by atoms with van der Waals surface area (Å²) >= 11 is 0. The summed E-state index contributed by atoms with van der Waals surface area (Å²) in [6, 6.07) is 14.0. The first kappa shape index (κ1) is 13.1. The second-order valence-corrected chi connectivity index (χ2v) is 3.77. The van der Waals surface area contributed by atoms with Gasteiger partial charge in [-0.2, -0.15) is 20.8 Å². The third-order valence-electron chi connectivity index (χ3n) is 2.42. The van der Waals surface area contributed by atoms with Gasteiger partial charge >= 0.3 is 0 Å². The molecule has 0 aliphatic heterocycles. The third kappa shape index (κ3) is 3.56. The van der Waals surface area contributed by atoms with Gasteiger partial charge < -0.3 is 0 Å². The largest absolute Gasteiger partial charge is 0.293 e. The zero-order valence-electron chi connectivity index (χ0n) is 10.4. The molecule has 0 saturated carbocycles. The van der Waals surface area contributed by atoms with Gasteiger partial charge in [-0.15, -0.1) is 0 Å². The summed E-state index contributed by atoms with van der Waals surface area (Å²) in [4.78, 5) is 0. The van der Waals surface area contributed by atoms with Crippen molar-refractivity contribution < 1.29 is 0 Å². The van der Waals surface area contributed by atoms with E-state index in [0.29, 0.717) is 22.7 Å². The molecule has 0 fully saturated rings. The van der Waals surface area contributed by atoms with E-state index in [9.17, 15) is 0 Å². The Hall–Kier alpha value is -3.38. The predicted octanol–water partition coefficient (Wildman–Crippen LogP) is 3.89. The van der Waals surface area contributed by atoms with Crippen LogP contribution in [0.5, 0.6) is 0 Å². The molecule has 0 heterocycles. The van der Waals surface area contributed by atoms with Gasteiger partial charge in [0.2, 0.25) is 0 Å². The number of azo groups is 1. The molecule has 2 aromatic carbocycles. The molecule has 0 unspecified atom stereocenters. The van der Waals surface area contributed by atoms with Crippen LogP contribution in [0, 0.1) is 22.9 Å². The van der Waals surface area contributed by atoms with Crippen LogP contribution in [0.1, 0.15) is 0 Å². The molecule has 96 valence electrons. The number of nitrogens with zero attached hydrogens (tertiary/aromatic N) is 4. The summed E-state index contributed by atoms with van der Waals surface area (Å²) in [5, 5.41) is 30.2. The molecule has 0 amide bonds. The van der Waals surface area contributed by atoms with Crippen LogP contribution in [0.4, 0.5) is 22.7 Å². The number of hydrogen-bond acceptors (Lipinski definition) is 6. The molecule has 0 radical (unpaired) electrons. The molecule has 0 aliphatic rings. The van der Waals surface area contributed by atoms with E-state index in [4.69, 9.17) is 10.5 Å². The van der Waals surface area contributed by atoms with Crippen LogP contribution in [0.15, 0.2) is 58.8 Å². The third-order valence-corrected chi connectivity index (χ3v) is 2.42. The molecule has 20 heavy (non-hydrogen) atoms. The Bertz CT molecular complexity index is 612. The smallest absolute Gasteiger partial charge is 0.181 e. The van der Waals surface area contributed by atoms with Crippen molar-refractivity contribution in [3.05, 3.63) is 48.5 Å². The molecule has 2 N–H and O–H groups in total. The van der Waals surface area contributed by atoms with E-state index < -0.39 is 0 Å². The highest BCUT2D eigenvalue weighted by molar-refractivity contribution is 5.54. The zero-order chi connectivity index (χ0) is 14.2. The van der Waals surface area contributed by atoms with Gasteiger partial charge in [0.1, 0.15) is 0 Å². The van der Waals surface area contributed by atoms with Crippen molar-refractivity contribution in [3.8, 4) is 12.4 Å². The molecular weight excluding hydrogens is 252 g/mol. The quantitative estimate of drug-likeness (QED) is 0.496. The van der Waals surface area contributed by atoms with Crippen molar-refractivity contribution in [2.45, 2.75) is 0 Å². The minimum absolute atomic E-state index is 0.688. The van der Waals surface area contributed by atoms with Crippen molar-refractivity contribution in [1.82, 2.24) is 0 Å². The maximum absolute atomic E-state index is 8.47. The van der Waals surface area contributed by atoms with Gasteiger partial charge in [0.25, 0.3) is 0 Å². The lowest BCUT2D eigenvalue weighted by Crippen LogP contribution is -1.85. The first-order chi connectivity index (χ1) is 9.81. The molecule has 6 heteroatoms. The molecule has 0 aliphatic carbocycles. The van der Waals surface area contributed by atoms with Gasteiger partial charge in [0.05, 0.1) is 11.4 Å². The summed E-state index contributed by atoms with van der Waals surface area (Å²) in [6.07, 6.45) is 3.69. The van der Waals surface area contributed by atoms with E-state index in [2.05, 4.69) is 20.9 Å². The Morgan fingerprint density at radius 2 is 1.00 bits per heavy atom. The van der Waals surface area contributed by atoms with E-state index in [1.165, 1.54) is 0 Å². The highest BCUT2D eigenvalue weighted by Gasteiger charge is 1.94. The standard InChI is InChI=1S/C14H10N6/c15-9-17-11-1-5-13(6-2-11)19-20-14-7-3-12(4-8-14)18-10-16/h1-8,17-18H. The summed E-state index contributed by atoms with van der Waals surface area (Å²) in [6.45, 7) is 0. The maximum atomic E-state index is 8.47. The number of anilines is 2. The van der Waals surface area contributed by atoms with E-state index in [0.717, 1.165) is 0 Å². The molecular formula is C14H10N6. The van der Waals surface area contributed by atoms with Crippen LogP contribution in [-0.2, 0) is 0 Å². The monoisotopic (exact) mass is 262 g/mol. The average molecular weight is 262 g/mol. The number of benzene rings is 2. The van der Waals surface area contributed by atoms with Gasteiger partial charge in [-0.05, 0) is 48.5 Å².